The third-order valence-corrected chi connectivity index (χ3v) is 3.38. The van der Waals surface area contributed by atoms with Crippen molar-refractivity contribution < 1.29 is 13.6 Å². The number of hydrogen-bond donors (Lipinski definition) is 1. The predicted octanol–water partition coefficient (Wildman–Crippen LogP) is 3.56. The third kappa shape index (κ3) is 3.20. The van der Waals surface area contributed by atoms with Gasteiger partial charge in [0.2, 0.25) is 0 Å². The minimum Gasteiger partial charge on any atom is -0.469 e. The smallest absolute Gasteiger partial charge is 0.273 e. The lowest BCUT2D eigenvalue weighted by Crippen LogP contribution is -2.26. The van der Waals surface area contributed by atoms with Crippen LogP contribution in [0, 0.1) is 0 Å². The zero-order valence-electron chi connectivity index (χ0n) is 11.6. The Balaban J connectivity index is 1.68. The Morgan fingerprint density at radius 1 is 1.18 bits per heavy atom. The van der Waals surface area contributed by atoms with E-state index in [-0.39, 0.29) is 11.6 Å². The van der Waals surface area contributed by atoms with Crippen LogP contribution in [0.5, 0.6) is 0 Å². The van der Waals surface area contributed by atoms with Gasteiger partial charge in [0.05, 0.1) is 6.26 Å². The van der Waals surface area contributed by atoms with Crippen molar-refractivity contribution >= 4 is 17.5 Å². The quantitative estimate of drug-likeness (QED) is 0.781. The summed E-state index contributed by atoms with van der Waals surface area (Å²) in [4.78, 5) is 16.2. The summed E-state index contributed by atoms with van der Waals surface area (Å²) in [6.45, 7) is 0.458. The molecule has 0 radical (unpaired) electrons. The summed E-state index contributed by atoms with van der Waals surface area (Å²) in [7, 11) is 0. The molecule has 3 rings (SSSR count). The molecule has 0 atom stereocenters. The van der Waals surface area contributed by atoms with E-state index in [2.05, 4.69) is 10.3 Å². The second kappa shape index (κ2) is 6.49. The average molecular weight is 317 g/mol. The molecule has 6 heteroatoms. The van der Waals surface area contributed by atoms with Gasteiger partial charge in [-0.1, -0.05) is 11.6 Å². The molecule has 1 aromatic carbocycles. The van der Waals surface area contributed by atoms with E-state index in [0.717, 1.165) is 11.3 Å². The number of aromatic nitrogens is 1. The van der Waals surface area contributed by atoms with E-state index in [0.29, 0.717) is 23.7 Å². The van der Waals surface area contributed by atoms with E-state index >= 15 is 0 Å². The molecule has 0 aliphatic rings. The van der Waals surface area contributed by atoms with E-state index in [1.165, 1.54) is 6.39 Å². The molecule has 0 saturated carbocycles. The summed E-state index contributed by atoms with van der Waals surface area (Å²) in [6, 6.07) is 10.7. The van der Waals surface area contributed by atoms with Crippen LogP contribution < -0.4 is 5.32 Å². The van der Waals surface area contributed by atoms with E-state index in [1.54, 1.807) is 30.5 Å². The van der Waals surface area contributed by atoms with Crippen molar-refractivity contribution in [2.24, 2.45) is 0 Å². The zero-order chi connectivity index (χ0) is 15.4. The van der Waals surface area contributed by atoms with Crippen molar-refractivity contribution in [1.29, 1.82) is 0 Å². The number of nitrogens with one attached hydrogen (secondary N) is 1. The highest BCUT2D eigenvalue weighted by Crippen LogP contribution is 2.24. The number of hydrogen-bond acceptors (Lipinski definition) is 4. The van der Waals surface area contributed by atoms with Crippen LogP contribution in [0.25, 0.3) is 11.3 Å². The van der Waals surface area contributed by atoms with Crippen molar-refractivity contribution in [3.63, 3.8) is 0 Å². The van der Waals surface area contributed by atoms with Crippen molar-refractivity contribution in [2.45, 2.75) is 6.42 Å². The summed E-state index contributed by atoms with van der Waals surface area (Å²) in [6.07, 6.45) is 3.48. The fraction of sp³-hybridized carbons (Fsp3) is 0.125. The molecule has 112 valence electrons. The minimum atomic E-state index is -0.287. The topological polar surface area (TPSA) is 68.3 Å². The largest absolute Gasteiger partial charge is 0.469 e. The van der Waals surface area contributed by atoms with Crippen LogP contribution in [0.2, 0.25) is 5.02 Å². The molecule has 0 saturated heterocycles. The Bertz CT molecular complexity index is 748. The van der Waals surface area contributed by atoms with E-state index in [1.807, 2.05) is 12.1 Å². The van der Waals surface area contributed by atoms with Crippen LogP contribution in [0.4, 0.5) is 0 Å². The lowest BCUT2D eigenvalue weighted by atomic mass is 10.1. The second-order valence-electron chi connectivity index (χ2n) is 4.62. The van der Waals surface area contributed by atoms with Gasteiger partial charge in [0, 0.05) is 23.6 Å². The number of carbonyl (C=O) groups excluding carboxylic acids is 1. The first-order valence-corrected chi connectivity index (χ1v) is 7.12. The maximum atomic E-state index is 12.2. The van der Waals surface area contributed by atoms with E-state index in [4.69, 9.17) is 20.4 Å². The van der Waals surface area contributed by atoms with Gasteiger partial charge in [0.15, 0.2) is 17.8 Å². The first-order valence-electron chi connectivity index (χ1n) is 6.74. The van der Waals surface area contributed by atoms with Gasteiger partial charge in [-0.15, -0.1) is 0 Å². The molecule has 22 heavy (non-hydrogen) atoms. The Kier molecular flexibility index (Phi) is 4.25. The zero-order valence-corrected chi connectivity index (χ0v) is 12.3. The van der Waals surface area contributed by atoms with Crippen LogP contribution in [-0.4, -0.2) is 17.4 Å². The highest BCUT2D eigenvalue weighted by Gasteiger charge is 2.17. The molecule has 0 aliphatic carbocycles. The van der Waals surface area contributed by atoms with Crippen molar-refractivity contribution in [1.82, 2.24) is 10.3 Å². The summed E-state index contributed by atoms with van der Waals surface area (Å²) in [5.74, 6) is 0.954. The highest BCUT2D eigenvalue weighted by molar-refractivity contribution is 6.30. The number of furan rings is 1. The number of rotatable bonds is 5. The molecule has 0 spiro atoms. The van der Waals surface area contributed by atoms with Crippen molar-refractivity contribution in [2.75, 3.05) is 6.54 Å². The molecule has 1 amide bonds. The van der Waals surface area contributed by atoms with Crippen LogP contribution in [0.1, 0.15) is 16.2 Å². The number of nitrogens with zero attached hydrogens (tertiary/aromatic N) is 1. The number of halogens is 1. The predicted molar refractivity (Wildman–Crippen MR) is 81.7 cm³/mol. The number of amides is 1. The first-order chi connectivity index (χ1) is 10.7. The summed E-state index contributed by atoms with van der Waals surface area (Å²) >= 11 is 5.86. The van der Waals surface area contributed by atoms with Crippen LogP contribution >= 0.6 is 11.6 Å². The normalized spacial score (nSPS) is 10.6. The van der Waals surface area contributed by atoms with Gasteiger partial charge in [0.1, 0.15) is 5.76 Å². The fourth-order valence-electron chi connectivity index (χ4n) is 2.05. The molecule has 5 nitrogen and oxygen atoms in total. The Morgan fingerprint density at radius 3 is 2.73 bits per heavy atom. The molecular formula is C16H13ClN2O3. The SMILES string of the molecule is O=C(NCCc1ccco1)c1ncoc1-c1ccc(Cl)cc1. The minimum absolute atomic E-state index is 0.252. The molecule has 2 aromatic heterocycles. The van der Waals surface area contributed by atoms with Gasteiger partial charge in [-0.2, -0.15) is 0 Å². The van der Waals surface area contributed by atoms with Crippen molar-refractivity contribution in [3.05, 3.63) is 65.5 Å². The summed E-state index contributed by atoms with van der Waals surface area (Å²) in [5, 5.41) is 3.42. The lowest BCUT2D eigenvalue weighted by Gasteiger charge is -2.04. The first kappa shape index (κ1) is 14.4. The number of carbonyl (C=O) groups is 1. The monoisotopic (exact) mass is 316 g/mol. The molecule has 0 bridgehead atoms. The maximum Gasteiger partial charge on any atom is 0.273 e. The Morgan fingerprint density at radius 2 is 2.00 bits per heavy atom. The van der Waals surface area contributed by atoms with Crippen LogP contribution in [0.3, 0.4) is 0 Å². The maximum absolute atomic E-state index is 12.2. The summed E-state index contributed by atoms with van der Waals surface area (Å²) in [5.41, 5.74) is 1.000. The van der Waals surface area contributed by atoms with Crippen LogP contribution in [-0.2, 0) is 6.42 Å². The van der Waals surface area contributed by atoms with Gasteiger partial charge in [-0.3, -0.25) is 4.79 Å². The van der Waals surface area contributed by atoms with Gasteiger partial charge in [-0.05, 0) is 36.4 Å². The van der Waals surface area contributed by atoms with Crippen molar-refractivity contribution in [3.8, 4) is 11.3 Å². The average Bonchev–Trinajstić information content (AvgIpc) is 3.19. The Hall–Kier alpha value is -2.53. The van der Waals surface area contributed by atoms with Gasteiger partial charge >= 0.3 is 0 Å². The molecule has 1 N–H and O–H groups in total. The third-order valence-electron chi connectivity index (χ3n) is 3.13. The van der Waals surface area contributed by atoms with Crippen LogP contribution in [0.15, 0.2) is 57.9 Å². The molecule has 0 aliphatic heterocycles. The number of benzene rings is 1. The molecule has 0 unspecified atom stereocenters. The van der Waals surface area contributed by atoms with Gasteiger partial charge in [-0.25, -0.2) is 4.98 Å². The lowest BCUT2D eigenvalue weighted by molar-refractivity contribution is 0.0949. The second-order valence-corrected chi connectivity index (χ2v) is 5.06. The van der Waals surface area contributed by atoms with Gasteiger partial charge in [0.25, 0.3) is 5.91 Å². The van der Waals surface area contributed by atoms with E-state index in [9.17, 15) is 4.79 Å². The standard InChI is InChI=1S/C16H13ClN2O3/c17-12-5-3-11(4-6-12)15-14(19-10-22-15)16(20)18-8-7-13-2-1-9-21-13/h1-6,9-10H,7-8H2,(H,18,20). The molecule has 0 fully saturated rings. The number of oxazole rings is 1. The molecule has 2 heterocycles. The van der Waals surface area contributed by atoms with Gasteiger partial charge < -0.3 is 14.2 Å². The summed E-state index contributed by atoms with van der Waals surface area (Å²) < 4.78 is 10.5. The fourth-order valence-corrected chi connectivity index (χ4v) is 2.18. The van der Waals surface area contributed by atoms with E-state index < -0.39 is 0 Å². The highest BCUT2D eigenvalue weighted by atomic mass is 35.5. The molecule has 3 aromatic rings. The molecular weight excluding hydrogens is 304 g/mol. The Labute approximate surface area is 131 Å².